The maximum absolute atomic E-state index is 12.6. The van der Waals surface area contributed by atoms with Crippen LogP contribution in [0.4, 0.5) is 0 Å². The quantitative estimate of drug-likeness (QED) is 0.565. The Kier molecular flexibility index (Phi) is 4.13. The first-order valence-electron chi connectivity index (χ1n) is 11.1. The number of carbonyl (C=O) groups is 1. The lowest BCUT2D eigenvalue weighted by atomic mass is 9.43. The molecule has 0 radical (unpaired) electrons. The van der Waals surface area contributed by atoms with Gasteiger partial charge in [-0.25, -0.2) is 0 Å². The Morgan fingerprint density at radius 2 is 1.96 bits per heavy atom. The van der Waals surface area contributed by atoms with Crippen LogP contribution in [0.1, 0.15) is 65.2 Å². The van der Waals surface area contributed by atoms with Gasteiger partial charge in [-0.3, -0.25) is 4.79 Å². The summed E-state index contributed by atoms with van der Waals surface area (Å²) < 4.78 is 0. The molecule has 0 aromatic heterocycles. The Morgan fingerprint density at radius 1 is 1.18 bits per heavy atom. The summed E-state index contributed by atoms with van der Waals surface area (Å²) in [7, 11) is 0. The summed E-state index contributed by atoms with van der Waals surface area (Å²) in [5.74, 6) is 1.87. The number of carbonyl (C=O) groups excluding carboxylic acids is 1. The largest absolute Gasteiger partial charge is 0.390 e. The van der Waals surface area contributed by atoms with E-state index in [9.17, 15) is 9.90 Å². The highest BCUT2D eigenvalue weighted by atomic mass is 16.6. The summed E-state index contributed by atoms with van der Waals surface area (Å²) >= 11 is 0. The Labute approximate surface area is 168 Å². The number of Topliss-reactive ketones (excluding diaryl/α,β-unsaturated/α-hetero) is 1. The first kappa shape index (κ1) is 18.8. The summed E-state index contributed by atoms with van der Waals surface area (Å²) in [6.07, 6.45) is 7.17. The van der Waals surface area contributed by atoms with Crippen LogP contribution in [-0.2, 0) is 9.63 Å². The lowest BCUT2D eigenvalue weighted by Gasteiger charge is -2.63. The van der Waals surface area contributed by atoms with Gasteiger partial charge in [0.25, 0.3) is 0 Å². The number of hydrogen-bond donors (Lipinski definition) is 2. The Hall–Kier alpha value is -1.20. The van der Waals surface area contributed by atoms with Gasteiger partial charge in [-0.15, -0.1) is 0 Å². The van der Waals surface area contributed by atoms with E-state index in [-0.39, 0.29) is 16.9 Å². The molecule has 5 rings (SSSR count). The summed E-state index contributed by atoms with van der Waals surface area (Å²) in [5.41, 5.74) is 0.708. The van der Waals surface area contributed by atoms with Gasteiger partial charge >= 0.3 is 0 Å². The van der Waals surface area contributed by atoms with Gasteiger partial charge in [-0.1, -0.05) is 25.6 Å². The molecule has 1 heterocycles. The number of oxime groups is 1. The van der Waals surface area contributed by atoms with E-state index < -0.39 is 5.60 Å². The van der Waals surface area contributed by atoms with E-state index in [2.05, 4.69) is 30.9 Å². The molecular weight excluding hydrogens is 352 g/mol. The third kappa shape index (κ3) is 2.38. The van der Waals surface area contributed by atoms with Crippen molar-refractivity contribution in [3.63, 3.8) is 0 Å². The fourth-order valence-electron chi connectivity index (χ4n) is 7.37. The number of hydrogen-bond acceptors (Lipinski definition) is 5. The maximum atomic E-state index is 12.6. The molecule has 0 spiro atoms. The van der Waals surface area contributed by atoms with Crippen molar-refractivity contribution >= 4 is 11.5 Å². The van der Waals surface area contributed by atoms with Crippen LogP contribution in [0, 0.1) is 28.6 Å². The maximum Gasteiger partial charge on any atom is 0.152 e. The van der Waals surface area contributed by atoms with E-state index in [1.807, 2.05) is 0 Å². The molecule has 0 unspecified atom stereocenters. The SMILES string of the molecule is C=C1C[C@H]2[C@@H]3CCC(=O)[C@@]3(C)CC[C@@H]2[C@@]2(C)CC/C(=N/OC3CNC3)C[C@]12O. The summed E-state index contributed by atoms with van der Waals surface area (Å²) in [6, 6.07) is 0. The minimum Gasteiger partial charge on any atom is -0.390 e. The molecule has 5 aliphatic rings. The predicted molar refractivity (Wildman–Crippen MR) is 108 cm³/mol. The van der Waals surface area contributed by atoms with Gasteiger partial charge in [-0.2, -0.15) is 0 Å². The number of fused-ring (bicyclic) bond motifs is 5. The molecule has 5 heteroatoms. The Morgan fingerprint density at radius 3 is 2.68 bits per heavy atom. The predicted octanol–water partition coefficient (Wildman–Crippen LogP) is 3.22. The molecule has 4 saturated carbocycles. The molecule has 6 atom stereocenters. The van der Waals surface area contributed by atoms with E-state index in [4.69, 9.17) is 4.84 Å². The summed E-state index contributed by atoms with van der Waals surface area (Å²) in [6.45, 7) is 10.6. The third-order valence-corrected chi connectivity index (χ3v) is 9.44. The normalized spacial score (nSPS) is 50.0. The molecular formula is C23H34N2O3. The van der Waals surface area contributed by atoms with Crippen LogP contribution in [0.2, 0.25) is 0 Å². The number of aliphatic hydroxyl groups is 1. The Balaban J connectivity index is 1.42. The molecule has 5 nitrogen and oxygen atoms in total. The minimum absolute atomic E-state index is 0.140. The van der Waals surface area contributed by atoms with Crippen molar-refractivity contribution < 1.29 is 14.7 Å². The van der Waals surface area contributed by atoms with Crippen LogP contribution in [0.25, 0.3) is 0 Å². The van der Waals surface area contributed by atoms with Gasteiger partial charge in [0.2, 0.25) is 0 Å². The fourth-order valence-corrected chi connectivity index (χ4v) is 7.37. The van der Waals surface area contributed by atoms with Gasteiger partial charge in [0.15, 0.2) is 6.10 Å². The van der Waals surface area contributed by atoms with E-state index in [0.717, 1.165) is 69.3 Å². The number of ketones is 1. The van der Waals surface area contributed by atoms with Crippen molar-refractivity contribution in [2.75, 3.05) is 13.1 Å². The van der Waals surface area contributed by atoms with Crippen molar-refractivity contribution in [2.24, 2.45) is 33.7 Å². The standard InChI is InChI=1S/C23H34N2O3/c1-14-10-17-18-4-5-20(26)21(18,2)8-7-19(17)22(3)9-6-15(11-23(14,22)27)25-28-16-12-24-13-16/h16-19,24,27H,1,4-13H2,2-3H3/b25-15-/t17-,18-,19-,21-,22+,23-/m0/s1. The highest BCUT2D eigenvalue weighted by Gasteiger charge is 2.65. The van der Waals surface area contributed by atoms with Crippen LogP contribution in [0.5, 0.6) is 0 Å². The molecule has 0 aromatic carbocycles. The van der Waals surface area contributed by atoms with Crippen LogP contribution >= 0.6 is 0 Å². The fraction of sp³-hybridized carbons (Fsp3) is 0.826. The zero-order chi connectivity index (χ0) is 19.7. The van der Waals surface area contributed by atoms with E-state index in [1.54, 1.807) is 0 Å². The first-order valence-corrected chi connectivity index (χ1v) is 11.1. The van der Waals surface area contributed by atoms with Crippen molar-refractivity contribution in [3.8, 4) is 0 Å². The lowest BCUT2D eigenvalue weighted by Crippen LogP contribution is -2.63. The van der Waals surface area contributed by atoms with Crippen molar-refractivity contribution in [1.82, 2.24) is 5.32 Å². The molecule has 0 bridgehead atoms. The van der Waals surface area contributed by atoms with Crippen molar-refractivity contribution in [3.05, 3.63) is 12.2 Å². The minimum atomic E-state index is -0.900. The van der Waals surface area contributed by atoms with Crippen LogP contribution < -0.4 is 5.32 Å². The second-order valence-electron chi connectivity index (χ2n) is 10.6. The molecule has 28 heavy (non-hydrogen) atoms. The molecule has 5 fully saturated rings. The second kappa shape index (κ2) is 6.15. The third-order valence-electron chi connectivity index (χ3n) is 9.44. The first-order chi connectivity index (χ1) is 13.3. The molecule has 0 aromatic rings. The van der Waals surface area contributed by atoms with Crippen LogP contribution in [-0.4, -0.2) is 41.4 Å². The van der Waals surface area contributed by atoms with Gasteiger partial charge < -0.3 is 15.3 Å². The molecule has 1 saturated heterocycles. The van der Waals surface area contributed by atoms with Gasteiger partial charge in [0, 0.05) is 36.8 Å². The zero-order valence-electron chi connectivity index (χ0n) is 17.3. The molecule has 4 aliphatic carbocycles. The second-order valence-corrected chi connectivity index (χ2v) is 10.6. The molecule has 2 N–H and O–H groups in total. The summed E-state index contributed by atoms with van der Waals surface area (Å²) in [5, 5.41) is 19.5. The van der Waals surface area contributed by atoms with E-state index >= 15 is 0 Å². The smallest absolute Gasteiger partial charge is 0.152 e. The number of nitrogens with one attached hydrogen (secondary N) is 1. The number of nitrogens with zero attached hydrogens (tertiary/aromatic N) is 1. The lowest BCUT2D eigenvalue weighted by molar-refractivity contribution is -0.161. The highest BCUT2D eigenvalue weighted by Crippen LogP contribution is 2.67. The zero-order valence-corrected chi connectivity index (χ0v) is 17.3. The van der Waals surface area contributed by atoms with Crippen molar-refractivity contribution in [2.45, 2.75) is 76.9 Å². The summed E-state index contributed by atoms with van der Waals surface area (Å²) in [4.78, 5) is 18.3. The van der Waals surface area contributed by atoms with E-state index in [1.165, 1.54) is 0 Å². The van der Waals surface area contributed by atoms with Crippen LogP contribution in [0.3, 0.4) is 0 Å². The van der Waals surface area contributed by atoms with Gasteiger partial charge in [-0.05, 0) is 61.9 Å². The highest BCUT2D eigenvalue weighted by molar-refractivity contribution is 5.88. The average molecular weight is 387 g/mol. The molecule has 154 valence electrons. The van der Waals surface area contributed by atoms with Gasteiger partial charge in [0.05, 0.1) is 11.3 Å². The topological polar surface area (TPSA) is 70.9 Å². The average Bonchev–Trinajstić information content (AvgIpc) is 2.92. The Bertz CT molecular complexity index is 744. The number of rotatable bonds is 2. The van der Waals surface area contributed by atoms with Crippen molar-refractivity contribution in [1.29, 1.82) is 0 Å². The molecule has 0 amide bonds. The van der Waals surface area contributed by atoms with Crippen LogP contribution in [0.15, 0.2) is 17.3 Å². The monoisotopic (exact) mass is 386 g/mol. The van der Waals surface area contributed by atoms with E-state index in [0.29, 0.717) is 30.0 Å². The van der Waals surface area contributed by atoms with Gasteiger partial charge in [0.1, 0.15) is 5.78 Å². The molecule has 1 aliphatic heterocycles.